The van der Waals surface area contributed by atoms with Gasteiger partial charge in [-0.3, -0.25) is 5.41 Å². The Kier molecular flexibility index (Phi) is 3.57. The van der Waals surface area contributed by atoms with E-state index in [9.17, 15) is 0 Å². The van der Waals surface area contributed by atoms with Crippen molar-refractivity contribution in [3.63, 3.8) is 0 Å². The fourth-order valence-electron chi connectivity index (χ4n) is 2.02. The van der Waals surface area contributed by atoms with Crippen LogP contribution in [0.3, 0.4) is 0 Å². The highest BCUT2D eigenvalue weighted by Gasteiger charge is 2.23. The van der Waals surface area contributed by atoms with Crippen molar-refractivity contribution in [1.82, 2.24) is 4.98 Å². The third-order valence-corrected chi connectivity index (χ3v) is 4.24. The Balaban J connectivity index is 2.34. The summed E-state index contributed by atoms with van der Waals surface area (Å²) in [5.74, 6) is 3.26. The van der Waals surface area contributed by atoms with Gasteiger partial charge in [0.2, 0.25) is 0 Å². The summed E-state index contributed by atoms with van der Waals surface area (Å²) in [6, 6.07) is 4.29. The number of nitrogens with zero attached hydrogens (tertiary/aromatic N) is 2. The first-order valence-corrected chi connectivity index (χ1v) is 6.87. The number of hydrogen-bond acceptors (Lipinski definition) is 4. The number of nitrogen functional groups attached to an aromatic ring is 1. The van der Waals surface area contributed by atoms with E-state index in [-0.39, 0.29) is 5.84 Å². The fourth-order valence-corrected chi connectivity index (χ4v) is 3.29. The average molecular weight is 250 g/mol. The quantitative estimate of drug-likeness (QED) is 0.632. The van der Waals surface area contributed by atoms with Gasteiger partial charge < -0.3 is 10.6 Å². The fraction of sp³-hybridized carbons (Fsp3) is 0.500. The van der Waals surface area contributed by atoms with Crippen molar-refractivity contribution in [3.8, 4) is 0 Å². The molecule has 1 atom stereocenters. The molecule has 0 aromatic carbocycles. The highest BCUT2D eigenvalue weighted by molar-refractivity contribution is 7.99. The Bertz CT molecular complexity index is 427. The van der Waals surface area contributed by atoms with Gasteiger partial charge in [-0.25, -0.2) is 4.98 Å². The van der Waals surface area contributed by atoms with E-state index in [4.69, 9.17) is 11.1 Å². The summed E-state index contributed by atoms with van der Waals surface area (Å²) in [4.78, 5) is 6.71. The number of nitrogens with one attached hydrogen (secondary N) is 1. The minimum absolute atomic E-state index is 0.0880. The molecule has 3 N–H and O–H groups in total. The van der Waals surface area contributed by atoms with Gasteiger partial charge in [0.25, 0.3) is 0 Å². The van der Waals surface area contributed by atoms with Gasteiger partial charge in [-0.05, 0) is 31.2 Å². The number of pyridine rings is 1. The van der Waals surface area contributed by atoms with Gasteiger partial charge >= 0.3 is 0 Å². The van der Waals surface area contributed by atoms with Crippen LogP contribution < -0.4 is 10.6 Å². The summed E-state index contributed by atoms with van der Waals surface area (Å²) < 4.78 is 0. The molecule has 1 aromatic heterocycles. The molecule has 5 heteroatoms. The molecule has 0 bridgehead atoms. The number of hydrogen-bond donors (Lipinski definition) is 2. The van der Waals surface area contributed by atoms with E-state index in [1.54, 1.807) is 0 Å². The molecule has 92 valence electrons. The number of anilines is 1. The van der Waals surface area contributed by atoms with E-state index in [2.05, 4.69) is 9.88 Å². The van der Waals surface area contributed by atoms with E-state index in [0.29, 0.717) is 6.04 Å². The largest absolute Gasteiger partial charge is 0.384 e. The summed E-state index contributed by atoms with van der Waals surface area (Å²) in [6.07, 6.45) is 1.17. The summed E-state index contributed by atoms with van der Waals surface area (Å²) in [5, 5.41) is 7.62. The van der Waals surface area contributed by atoms with E-state index in [1.807, 2.05) is 37.9 Å². The van der Waals surface area contributed by atoms with Crippen LogP contribution in [0.15, 0.2) is 12.1 Å². The van der Waals surface area contributed by atoms with E-state index < -0.39 is 0 Å². The molecule has 0 spiro atoms. The van der Waals surface area contributed by atoms with Crippen LogP contribution in [0.2, 0.25) is 0 Å². The third kappa shape index (κ3) is 2.54. The summed E-state index contributed by atoms with van der Waals surface area (Å²) >= 11 is 1.97. The third-order valence-electron chi connectivity index (χ3n) is 3.09. The van der Waals surface area contributed by atoms with Crippen molar-refractivity contribution < 1.29 is 0 Å². The molecule has 1 fully saturated rings. The van der Waals surface area contributed by atoms with Gasteiger partial charge in [-0.2, -0.15) is 11.8 Å². The van der Waals surface area contributed by atoms with E-state index in [1.165, 1.54) is 12.2 Å². The number of thioether (sulfide) groups is 1. The maximum Gasteiger partial charge on any atom is 0.139 e. The molecular formula is C12H18N4S. The van der Waals surface area contributed by atoms with Crippen LogP contribution in [-0.2, 0) is 0 Å². The molecule has 1 aliphatic rings. The first kappa shape index (κ1) is 12.2. The minimum Gasteiger partial charge on any atom is -0.384 e. The normalized spacial score (nSPS) is 19.3. The lowest BCUT2D eigenvalue weighted by Crippen LogP contribution is -2.34. The molecular weight excluding hydrogens is 232 g/mol. The maximum atomic E-state index is 7.62. The molecule has 1 aromatic rings. The molecule has 2 heterocycles. The Morgan fingerprint density at radius 2 is 2.35 bits per heavy atom. The van der Waals surface area contributed by atoms with Crippen LogP contribution in [0.4, 0.5) is 5.82 Å². The zero-order valence-corrected chi connectivity index (χ0v) is 11.0. The zero-order chi connectivity index (χ0) is 12.4. The highest BCUT2D eigenvalue weighted by atomic mass is 32.2. The molecule has 17 heavy (non-hydrogen) atoms. The van der Waals surface area contributed by atoms with E-state index in [0.717, 1.165) is 22.8 Å². The molecule has 0 aliphatic carbocycles. The molecule has 0 saturated carbocycles. The van der Waals surface area contributed by atoms with E-state index >= 15 is 0 Å². The molecule has 0 amide bonds. The molecule has 1 saturated heterocycles. The van der Waals surface area contributed by atoms with Crippen LogP contribution in [-0.4, -0.2) is 35.4 Å². The summed E-state index contributed by atoms with van der Waals surface area (Å²) in [6.45, 7) is 1.96. The van der Waals surface area contributed by atoms with Gasteiger partial charge in [0.05, 0.1) is 5.56 Å². The van der Waals surface area contributed by atoms with Gasteiger partial charge in [0, 0.05) is 24.5 Å². The van der Waals surface area contributed by atoms with Crippen LogP contribution >= 0.6 is 11.8 Å². The first-order chi connectivity index (χ1) is 8.09. The zero-order valence-electron chi connectivity index (χ0n) is 10.2. The predicted octanol–water partition coefficient (Wildman–Crippen LogP) is 1.62. The van der Waals surface area contributed by atoms with Crippen LogP contribution in [0.5, 0.6) is 0 Å². The predicted molar refractivity (Wildman–Crippen MR) is 74.1 cm³/mol. The van der Waals surface area contributed by atoms with Crippen molar-refractivity contribution in [2.75, 3.05) is 23.5 Å². The second-order valence-corrected chi connectivity index (χ2v) is 5.52. The Morgan fingerprint density at radius 1 is 1.59 bits per heavy atom. The second kappa shape index (κ2) is 4.96. The van der Waals surface area contributed by atoms with Crippen LogP contribution in [0.1, 0.15) is 17.7 Å². The monoisotopic (exact) mass is 250 g/mol. The average Bonchev–Trinajstić information content (AvgIpc) is 2.80. The molecule has 4 nitrogen and oxygen atoms in total. The smallest absolute Gasteiger partial charge is 0.139 e. The molecule has 1 aliphatic heterocycles. The Hall–Kier alpha value is -1.23. The van der Waals surface area contributed by atoms with Crippen molar-refractivity contribution in [3.05, 3.63) is 23.4 Å². The number of aromatic nitrogens is 1. The van der Waals surface area contributed by atoms with Gasteiger partial charge in [0.15, 0.2) is 0 Å². The molecule has 0 radical (unpaired) electrons. The van der Waals surface area contributed by atoms with Crippen molar-refractivity contribution in [2.45, 2.75) is 19.4 Å². The summed E-state index contributed by atoms with van der Waals surface area (Å²) in [7, 11) is 2.05. The highest BCUT2D eigenvalue weighted by Crippen LogP contribution is 2.26. The van der Waals surface area contributed by atoms with Crippen molar-refractivity contribution in [2.24, 2.45) is 5.73 Å². The lowest BCUT2D eigenvalue weighted by Gasteiger charge is -2.27. The van der Waals surface area contributed by atoms with Gasteiger partial charge in [-0.15, -0.1) is 0 Å². The van der Waals surface area contributed by atoms with Crippen LogP contribution in [0, 0.1) is 12.3 Å². The maximum absolute atomic E-state index is 7.62. The standard InChI is InChI=1S/C12H18N4S/c1-8-3-4-10(11(13)14)12(15-8)16(2)9-5-6-17-7-9/h3-4,9H,5-7H2,1-2H3,(H3,13,14). The van der Waals surface area contributed by atoms with Crippen molar-refractivity contribution in [1.29, 1.82) is 5.41 Å². The number of rotatable bonds is 3. The second-order valence-electron chi connectivity index (χ2n) is 4.37. The Labute approximate surface area is 106 Å². The van der Waals surface area contributed by atoms with Crippen LogP contribution in [0.25, 0.3) is 0 Å². The molecule has 1 unspecified atom stereocenters. The molecule has 2 rings (SSSR count). The van der Waals surface area contributed by atoms with Crippen molar-refractivity contribution >= 4 is 23.4 Å². The van der Waals surface area contributed by atoms with Gasteiger partial charge in [0.1, 0.15) is 11.7 Å². The first-order valence-electron chi connectivity index (χ1n) is 5.72. The topological polar surface area (TPSA) is 66.0 Å². The number of nitrogens with two attached hydrogens (primary N) is 1. The number of aryl methyl sites for hydroxylation is 1. The number of amidine groups is 1. The lowest BCUT2D eigenvalue weighted by atomic mass is 10.1. The lowest BCUT2D eigenvalue weighted by molar-refractivity contribution is 0.690. The Morgan fingerprint density at radius 3 is 2.94 bits per heavy atom. The summed E-state index contributed by atoms with van der Waals surface area (Å²) in [5.41, 5.74) is 7.30. The van der Waals surface area contributed by atoms with Gasteiger partial charge in [-0.1, -0.05) is 0 Å². The SMILES string of the molecule is Cc1ccc(C(=N)N)c(N(C)C2CCSC2)n1. The minimum atomic E-state index is 0.0880.